The second kappa shape index (κ2) is 5.80. The number of benzene rings is 1. The van der Waals surface area contributed by atoms with E-state index in [2.05, 4.69) is 0 Å². The molecule has 0 spiro atoms. The number of ether oxygens (including phenoxy) is 1. The standard InChI is InChI=1S/C12H18ClNO2.ClH/c1-12(2,3)11(14)7-5-8(13)10(15)9(6-7)16-4;/h5-6,11,15H,14H2,1-4H3;1H/t11-;/m1./s1. The number of rotatable bonds is 2. The van der Waals surface area contributed by atoms with Gasteiger partial charge in [0.05, 0.1) is 12.1 Å². The summed E-state index contributed by atoms with van der Waals surface area (Å²) in [5, 5.41) is 9.87. The van der Waals surface area contributed by atoms with Gasteiger partial charge in [-0.3, -0.25) is 0 Å². The number of hydrogen-bond acceptors (Lipinski definition) is 3. The highest BCUT2D eigenvalue weighted by atomic mass is 35.5. The van der Waals surface area contributed by atoms with Crippen LogP contribution in [-0.2, 0) is 0 Å². The van der Waals surface area contributed by atoms with E-state index in [4.69, 9.17) is 22.1 Å². The number of aromatic hydroxyl groups is 1. The number of methoxy groups -OCH3 is 1. The summed E-state index contributed by atoms with van der Waals surface area (Å²) in [6.07, 6.45) is 0. The molecular weight excluding hydrogens is 261 g/mol. The van der Waals surface area contributed by atoms with Gasteiger partial charge in [0.15, 0.2) is 11.5 Å². The number of halogens is 2. The summed E-state index contributed by atoms with van der Waals surface area (Å²) in [7, 11) is 1.48. The van der Waals surface area contributed by atoms with Gasteiger partial charge in [-0.1, -0.05) is 32.4 Å². The molecule has 3 nitrogen and oxygen atoms in total. The lowest BCUT2D eigenvalue weighted by molar-refractivity contribution is 0.324. The summed E-state index contributed by atoms with van der Waals surface area (Å²) in [5.74, 6) is 0.302. The molecule has 0 aromatic heterocycles. The first kappa shape index (κ1) is 16.4. The average Bonchev–Trinajstić information content (AvgIpc) is 2.19. The third-order valence-corrected chi connectivity index (χ3v) is 2.85. The summed E-state index contributed by atoms with van der Waals surface area (Å²) in [4.78, 5) is 0. The van der Waals surface area contributed by atoms with E-state index in [1.807, 2.05) is 20.8 Å². The maximum Gasteiger partial charge on any atom is 0.176 e. The SMILES string of the molecule is COc1cc([C@@H](N)C(C)(C)C)cc(Cl)c1O.Cl. The fraction of sp³-hybridized carbons (Fsp3) is 0.500. The topological polar surface area (TPSA) is 55.5 Å². The van der Waals surface area contributed by atoms with Crippen LogP contribution in [-0.4, -0.2) is 12.2 Å². The van der Waals surface area contributed by atoms with Gasteiger partial charge in [-0.05, 0) is 23.1 Å². The van der Waals surface area contributed by atoms with Crippen LogP contribution < -0.4 is 10.5 Å². The Bertz CT molecular complexity index is 389. The second-order valence-corrected chi connectivity index (χ2v) is 5.30. The number of phenolic OH excluding ortho intramolecular Hbond substituents is 1. The van der Waals surface area contributed by atoms with Crippen LogP contribution in [0.4, 0.5) is 0 Å². The molecule has 0 bridgehead atoms. The molecule has 0 aliphatic heterocycles. The van der Waals surface area contributed by atoms with Crippen molar-refractivity contribution < 1.29 is 9.84 Å². The number of phenols is 1. The molecule has 5 heteroatoms. The lowest BCUT2D eigenvalue weighted by Crippen LogP contribution is -2.26. The van der Waals surface area contributed by atoms with E-state index in [0.29, 0.717) is 5.75 Å². The third kappa shape index (κ3) is 3.66. The molecule has 0 unspecified atom stereocenters. The summed E-state index contributed by atoms with van der Waals surface area (Å²) in [6.45, 7) is 6.14. The predicted octanol–water partition coefficient (Wildman–Crippen LogP) is 3.52. The Morgan fingerprint density at radius 3 is 2.29 bits per heavy atom. The van der Waals surface area contributed by atoms with Crippen molar-refractivity contribution in [3.05, 3.63) is 22.7 Å². The van der Waals surface area contributed by atoms with Gasteiger partial charge in [0.2, 0.25) is 0 Å². The minimum atomic E-state index is -0.167. The molecule has 1 aromatic carbocycles. The van der Waals surface area contributed by atoms with Gasteiger partial charge in [0.25, 0.3) is 0 Å². The van der Waals surface area contributed by atoms with E-state index in [9.17, 15) is 5.11 Å². The maximum absolute atomic E-state index is 9.61. The van der Waals surface area contributed by atoms with E-state index in [-0.39, 0.29) is 34.6 Å². The molecule has 98 valence electrons. The Morgan fingerprint density at radius 1 is 1.35 bits per heavy atom. The molecular formula is C12H19Cl2NO2. The minimum Gasteiger partial charge on any atom is -0.503 e. The van der Waals surface area contributed by atoms with Crippen molar-refractivity contribution in [2.24, 2.45) is 11.1 Å². The predicted molar refractivity (Wildman–Crippen MR) is 73.3 cm³/mol. The molecule has 0 saturated heterocycles. The van der Waals surface area contributed by atoms with Gasteiger partial charge in [0.1, 0.15) is 0 Å². The molecule has 0 aliphatic carbocycles. The number of hydrogen-bond donors (Lipinski definition) is 2. The van der Waals surface area contributed by atoms with Crippen molar-refractivity contribution in [3.8, 4) is 11.5 Å². The average molecular weight is 280 g/mol. The Hall–Kier alpha value is -0.640. The fourth-order valence-corrected chi connectivity index (χ4v) is 1.65. The van der Waals surface area contributed by atoms with Crippen LogP contribution in [0.3, 0.4) is 0 Å². The Kier molecular flexibility index (Phi) is 5.59. The number of nitrogens with two attached hydrogens (primary N) is 1. The zero-order chi connectivity index (χ0) is 12.5. The molecule has 0 amide bonds. The highest BCUT2D eigenvalue weighted by molar-refractivity contribution is 6.32. The maximum atomic E-state index is 9.61. The molecule has 3 N–H and O–H groups in total. The van der Waals surface area contributed by atoms with E-state index in [1.54, 1.807) is 12.1 Å². The fourth-order valence-electron chi connectivity index (χ4n) is 1.43. The summed E-state index contributed by atoms with van der Waals surface area (Å²) in [6, 6.07) is 3.23. The van der Waals surface area contributed by atoms with Crippen LogP contribution in [0.2, 0.25) is 5.02 Å². The molecule has 0 heterocycles. The zero-order valence-electron chi connectivity index (χ0n) is 10.5. The van der Waals surface area contributed by atoms with Gasteiger partial charge in [-0.25, -0.2) is 0 Å². The molecule has 0 aliphatic rings. The molecule has 1 aromatic rings. The van der Waals surface area contributed by atoms with Crippen LogP contribution in [0, 0.1) is 5.41 Å². The minimum absolute atomic E-state index is 0. The largest absolute Gasteiger partial charge is 0.503 e. The lowest BCUT2D eigenvalue weighted by atomic mass is 9.83. The normalized spacial score (nSPS) is 12.8. The molecule has 0 radical (unpaired) electrons. The van der Waals surface area contributed by atoms with E-state index >= 15 is 0 Å². The summed E-state index contributed by atoms with van der Waals surface area (Å²) in [5.41, 5.74) is 6.89. The van der Waals surface area contributed by atoms with Crippen molar-refractivity contribution in [3.63, 3.8) is 0 Å². The molecule has 0 fully saturated rings. The Balaban J connectivity index is 0.00000256. The second-order valence-electron chi connectivity index (χ2n) is 4.90. The summed E-state index contributed by atoms with van der Waals surface area (Å²) >= 11 is 5.91. The van der Waals surface area contributed by atoms with Crippen molar-refractivity contribution in [1.29, 1.82) is 0 Å². The third-order valence-electron chi connectivity index (χ3n) is 2.56. The monoisotopic (exact) mass is 279 g/mol. The van der Waals surface area contributed by atoms with Crippen LogP contribution in [0.25, 0.3) is 0 Å². The van der Waals surface area contributed by atoms with Crippen LogP contribution >= 0.6 is 24.0 Å². The highest BCUT2D eigenvalue weighted by Gasteiger charge is 2.24. The first-order chi connectivity index (χ1) is 7.27. The van der Waals surface area contributed by atoms with Crippen LogP contribution in [0.1, 0.15) is 32.4 Å². The lowest BCUT2D eigenvalue weighted by Gasteiger charge is -2.28. The van der Waals surface area contributed by atoms with Gasteiger partial charge in [-0.2, -0.15) is 0 Å². The van der Waals surface area contributed by atoms with Gasteiger partial charge in [-0.15, -0.1) is 12.4 Å². The Labute approximate surface area is 113 Å². The van der Waals surface area contributed by atoms with Crippen LogP contribution in [0.5, 0.6) is 11.5 Å². The molecule has 17 heavy (non-hydrogen) atoms. The van der Waals surface area contributed by atoms with Gasteiger partial charge < -0.3 is 15.6 Å². The van der Waals surface area contributed by atoms with E-state index in [1.165, 1.54) is 7.11 Å². The molecule has 0 saturated carbocycles. The van der Waals surface area contributed by atoms with E-state index in [0.717, 1.165) is 5.56 Å². The van der Waals surface area contributed by atoms with E-state index < -0.39 is 0 Å². The van der Waals surface area contributed by atoms with Crippen LogP contribution in [0.15, 0.2) is 12.1 Å². The summed E-state index contributed by atoms with van der Waals surface area (Å²) < 4.78 is 5.04. The van der Waals surface area contributed by atoms with Crippen molar-refractivity contribution in [2.45, 2.75) is 26.8 Å². The van der Waals surface area contributed by atoms with Crippen molar-refractivity contribution >= 4 is 24.0 Å². The molecule has 1 rings (SSSR count). The smallest absolute Gasteiger partial charge is 0.176 e. The van der Waals surface area contributed by atoms with Gasteiger partial charge in [0, 0.05) is 6.04 Å². The van der Waals surface area contributed by atoms with Gasteiger partial charge >= 0.3 is 0 Å². The first-order valence-corrected chi connectivity index (χ1v) is 5.47. The van der Waals surface area contributed by atoms with Crippen molar-refractivity contribution in [2.75, 3.05) is 7.11 Å². The first-order valence-electron chi connectivity index (χ1n) is 5.09. The quantitative estimate of drug-likeness (QED) is 0.871. The van der Waals surface area contributed by atoms with Crippen molar-refractivity contribution in [1.82, 2.24) is 0 Å². The Morgan fingerprint density at radius 2 is 1.88 bits per heavy atom. The zero-order valence-corrected chi connectivity index (χ0v) is 12.0. The molecule has 1 atom stereocenters. The highest BCUT2D eigenvalue weighted by Crippen LogP contribution is 2.39.